The van der Waals surface area contributed by atoms with E-state index in [4.69, 9.17) is 4.99 Å². The highest BCUT2D eigenvalue weighted by Crippen LogP contribution is 2.45. The Bertz CT molecular complexity index is 8370. The molecule has 0 fully saturated rings. The molecule has 23 aromatic rings. The number of rotatable bonds is 9. The highest BCUT2D eigenvalue weighted by atomic mass is 16.2. The van der Waals surface area contributed by atoms with Crippen LogP contribution < -0.4 is 10.7 Å². The molecule has 0 saturated carbocycles. The fourth-order valence-corrected chi connectivity index (χ4v) is 20.3. The van der Waals surface area contributed by atoms with Gasteiger partial charge in [-0.25, -0.2) is 4.99 Å². The molecule has 0 spiro atoms. The van der Waals surface area contributed by atoms with E-state index in [9.17, 15) is 5.02 Å². The smallest absolute Gasteiger partial charge is 0.413 e. The third-order valence-electron chi connectivity index (χ3n) is 25.2. The average Bonchev–Trinajstić information content (AvgIpc) is 1.54. The monoisotopic (exact) mass is 1480 g/mol. The molecule has 4 bridgehead atoms. The summed E-state index contributed by atoms with van der Waals surface area (Å²) in [6.45, 7) is 0. The van der Waals surface area contributed by atoms with Gasteiger partial charge in [-0.2, -0.15) is 0 Å². The Balaban J connectivity index is 0.637. The zero-order valence-electron chi connectivity index (χ0n) is 62.4. The third kappa shape index (κ3) is 8.75. The Hall–Kier alpha value is -15.4. The number of nitrogens with zero attached hydrogens (tertiary/aromatic N) is 9. The molecule has 15 aromatic carbocycles. The zero-order valence-corrected chi connectivity index (χ0v) is 62.4. The van der Waals surface area contributed by atoms with Crippen molar-refractivity contribution >= 4 is 160 Å². The molecule has 0 saturated heterocycles. The molecular formula is C105H64BN9O. The summed E-state index contributed by atoms with van der Waals surface area (Å²) < 4.78 is 18.7. The number of fused-ring (bicyclic) bond motifs is 19. The minimum Gasteiger partial charge on any atom is -0.413 e. The van der Waals surface area contributed by atoms with Gasteiger partial charge in [0.05, 0.1) is 77.6 Å². The molecule has 0 radical (unpaired) electrons. The van der Waals surface area contributed by atoms with Crippen LogP contribution in [0.5, 0.6) is 0 Å². The van der Waals surface area contributed by atoms with Gasteiger partial charge < -0.3 is 41.4 Å². The van der Waals surface area contributed by atoms with E-state index in [1.54, 1.807) is 0 Å². The summed E-state index contributed by atoms with van der Waals surface area (Å²) in [4.78, 5) is 5.75. The predicted molar refractivity (Wildman–Crippen MR) is 479 cm³/mol. The van der Waals surface area contributed by atoms with Gasteiger partial charge in [-0.1, -0.05) is 200 Å². The summed E-state index contributed by atoms with van der Waals surface area (Å²) in [5.41, 5.74) is 29.5. The molecule has 11 heterocycles. The molecule has 1 N–H and O–H groups in total. The highest BCUT2D eigenvalue weighted by molar-refractivity contribution is 6.49. The van der Waals surface area contributed by atoms with Crippen molar-refractivity contribution in [1.29, 1.82) is 0 Å². The van der Waals surface area contributed by atoms with Crippen LogP contribution in [0.25, 0.3) is 182 Å². The molecule has 0 aliphatic carbocycles. The maximum Gasteiger partial charge on any atom is 0.555 e. The van der Waals surface area contributed by atoms with E-state index in [1.807, 2.05) is 0 Å². The first kappa shape index (κ1) is 63.2. The zero-order chi connectivity index (χ0) is 75.7. The number of aliphatic imine (C=N–C) groups is 1. The van der Waals surface area contributed by atoms with Gasteiger partial charge in [0.25, 0.3) is 0 Å². The third-order valence-corrected chi connectivity index (χ3v) is 25.2. The normalized spacial score (nSPS) is 13.5. The number of hydrogen-bond acceptors (Lipinski definition) is 2. The van der Waals surface area contributed by atoms with E-state index in [2.05, 4.69) is 419 Å². The van der Waals surface area contributed by atoms with Crippen molar-refractivity contribution in [1.82, 2.24) is 36.4 Å². The Morgan fingerprint density at radius 1 is 0.207 bits per heavy atom. The van der Waals surface area contributed by atoms with Gasteiger partial charge in [-0.15, -0.1) is 0 Å². The van der Waals surface area contributed by atoms with E-state index in [0.29, 0.717) is 0 Å². The summed E-state index contributed by atoms with van der Waals surface area (Å²) in [7, 11) is -1.15. The molecule has 26 rings (SSSR count). The summed E-state index contributed by atoms with van der Waals surface area (Å²) in [5, 5.41) is 30.0. The van der Waals surface area contributed by atoms with Crippen molar-refractivity contribution in [3.05, 3.63) is 427 Å². The second kappa shape index (κ2) is 23.8. The molecule has 0 amide bonds. The molecule has 8 aromatic heterocycles. The van der Waals surface area contributed by atoms with Gasteiger partial charge in [-0.3, -0.25) is 0 Å². The van der Waals surface area contributed by atoms with E-state index in [-0.39, 0.29) is 0 Å². The van der Waals surface area contributed by atoms with Crippen LogP contribution >= 0.6 is 0 Å². The van der Waals surface area contributed by atoms with E-state index in [1.165, 1.54) is 97.7 Å². The second-order valence-corrected chi connectivity index (χ2v) is 31.0. The Morgan fingerprint density at radius 2 is 0.457 bits per heavy atom. The number of benzene rings is 15. The van der Waals surface area contributed by atoms with Gasteiger partial charge in [0.2, 0.25) is 0 Å². The minimum atomic E-state index is -1.15. The fourth-order valence-electron chi connectivity index (χ4n) is 20.3. The highest BCUT2D eigenvalue weighted by Gasteiger charge is 2.37. The fraction of sp³-hybridized carbons (Fsp3) is 0. The quantitative estimate of drug-likeness (QED) is 0.144. The largest absolute Gasteiger partial charge is 0.555 e. The Kier molecular flexibility index (Phi) is 13.0. The predicted octanol–water partition coefficient (Wildman–Crippen LogP) is 22.8. The summed E-state index contributed by atoms with van der Waals surface area (Å²) >= 11 is 0. The van der Waals surface area contributed by atoms with Crippen LogP contribution in [0.2, 0.25) is 0 Å². The minimum absolute atomic E-state index is 0.806. The van der Waals surface area contributed by atoms with Crippen molar-refractivity contribution in [2.75, 3.05) is 0 Å². The molecule has 3 aliphatic rings. The molecule has 11 heteroatoms. The molecule has 116 heavy (non-hydrogen) atoms. The van der Waals surface area contributed by atoms with Gasteiger partial charge in [0, 0.05) is 138 Å². The first-order valence-corrected chi connectivity index (χ1v) is 39.7. The lowest BCUT2D eigenvalue weighted by atomic mass is 9.89. The second-order valence-electron chi connectivity index (χ2n) is 31.0. The number of para-hydroxylation sites is 9. The first-order valence-electron chi connectivity index (χ1n) is 39.7. The van der Waals surface area contributed by atoms with Crippen molar-refractivity contribution < 1.29 is 5.02 Å². The van der Waals surface area contributed by atoms with Crippen molar-refractivity contribution in [3.8, 4) is 34.1 Å². The van der Waals surface area contributed by atoms with Crippen LogP contribution in [-0.4, -0.2) is 54.3 Å². The Labute approximate surface area is 663 Å². The molecular weight excluding hydrogens is 1410 g/mol. The molecule has 10 nitrogen and oxygen atoms in total. The number of allylic oxidation sites excluding steroid dienone is 2. The van der Waals surface area contributed by atoms with Crippen LogP contribution in [-0.2, 0) is 0 Å². The molecule has 538 valence electrons. The van der Waals surface area contributed by atoms with Crippen LogP contribution in [0, 0.1) is 0 Å². The maximum atomic E-state index is 13.8. The van der Waals surface area contributed by atoms with Gasteiger partial charge >= 0.3 is 7.19 Å². The number of aromatic nitrogens is 8. The van der Waals surface area contributed by atoms with Gasteiger partial charge in [0.15, 0.2) is 0 Å². The van der Waals surface area contributed by atoms with Gasteiger partial charge in [-0.05, 0) is 199 Å². The van der Waals surface area contributed by atoms with E-state index in [0.717, 1.165) is 134 Å². The van der Waals surface area contributed by atoms with E-state index >= 15 is 0 Å². The standard InChI is InChI=1S/C105H64BN9O/c116-106-114-99-57-59-101(114)105(66-41-47-69(48-42-66)110-95-36-18-9-27-81(95)84-63-72(51-56-98(84)110)113-91-32-14-5-23-77(91)78-24-6-15-33-92(78)113)102-60-58-100(115(102)106)104(65-39-45-68(46-40-65)109-94-35-17-8-26-80(94)83-62-71(50-55-97(83)109)112-89-30-12-3-21-75(89)76-22-4-13-31-90(76)112)86-53-52-85(107-86)103(99)64-37-43-67(44-38-64)108-93-34-16-7-25-79(93)82-61-70(49-54-96(82)108)111-87-28-10-1-19-73(87)74-20-2-11-29-88(74)111/h1-63,116H. The summed E-state index contributed by atoms with van der Waals surface area (Å²) in [5.74, 6) is 0. The van der Waals surface area contributed by atoms with Crippen LogP contribution in [0.3, 0.4) is 0 Å². The number of hydrogen-bond donors (Lipinski definition) is 1. The van der Waals surface area contributed by atoms with Crippen molar-refractivity contribution in [2.24, 2.45) is 4.99 Å². The maximum absolute atomic E-state index is 13.8. The van der Waals surface area contributed by atoms with E-state index < -0.39 is 7.19 Å². The van der Waals surface area contributed by atoms with Crippen LogP contribution in [0.15, 0.2) is 393 Å². The SMILES string of the molecule is OB1n2c3ccc2C(c2ccc(-n4c5ccccc5c5cc(-n6c7ccccc7c7ccccc76)ccc54)cc2)=c2ccc(n21)=C(c1ccc(-n2c4ccccc4c4cc(-n5c6ccccc6c6ccccc65)ccc42)cc1)C1=NC(=C3c2ccc(-n3c4ccccc4c4cc(-n5c6ccccc6c6ccccc65)ccc43)cc2)C=C1. The topological polar surface area (TPSA) is 72.0 Å². The van der Waals surface area contributed by atoms with Crippen molar-refractivity contribution in [3.63, 3.8) is 0 Å². The Morgan fingerprint density at radius 3 is 0.784 bits per heavy atom. The van der Waals surface area contributed by atoms with Gasteiger partial charge in [0.1, 0.15) is 0 Å². The molecule has 3 aliphatic heterocycles. The lowest BCUT2D eigenvalue weighted by Gasteiger charge is -2.27. The average molecular weight is 1480 g/mol. The molecule has 0 atom stereocenters. The van der Waals surface area contributed by atoms with Crippen molar-refractivity contribution in [2.45, 2.75) is 0 Å². The lowest BCUT2D eigenvalue weighted by molar-refractivity contribution is 0.529. The summed E-state index contributed by atoms with van der Waals surface area (Å²) in [6.07, 6.45) is 4.34. The molecule has 0 unspecified atom stereocenters. The van der Waals surface area contributed by atoms with Crippen LogP contribution in [0.1, 0.15) is 28.1 Å². The summed E-state index contributed by atoms with van der Waals surface area (Å²) in [6, 6.07) is 135. The first-order chi connectivity index (χ1) is 57.5. The van der Waals surface area contributed by atoms with Crippen LogP contribution in [0.4, 0.5) is 0 Å². The lowest BCUT2D eigenvalue weighted by Crippen LogP contribution is -2.51.